The second kappa shape index (κ2) is 8.32. The van der Waals surface area contributed by atoms with Crippen molar-refractivity contribution in [1.82, 2.24) is 4.90 Å². The molecule has 0 bridgehead atoms. The third-order valence-corrected chi connectivity index (χ3v) is 3.70. The number of carbonyl (C=O) groups excluding carboxylic acids is 2. The van der Waals surface area contributed by atoms with Gasteiger partial charge in [0.15, 0.2) is 0 Å². The van der Waals surface area contributed by atoms with E-state index in [1.807, 2.05) is 34.6 Å². The van der Waals surface area contributed by atoms with E-state index in [-0.39, 0.29) is 29.3 Å². The summed E-state index contributed by atoms with van der Waals surface area (Å²) in [7, 11) is 1.73. The first-order valence-corrected chi connectivity index (χ1v) is 7.81. The van der Waals surface area contributed by atoms with E-state index >= 15 is 0 Å². The summed E-state index contributed by atoms with van der Waals surface area (Å²) in [6.07, 6.45) is 1.79. The summed E-state index contributed by atoms with van der Waals surface area (Å²) in [6.45, 7) is 13.6. The van der Waals surface area contributed by atoms with Gasteiger partial charge in [-0.3, -0.25) is 4.79 Å². The van der Waals surface area contributed by atoms with E-state index < -0.39 is 6.04 Å². The number of nitrogens with zero attached hydrogens (tertiary/aromatic N) is 1. The molecule has 0 aromatic carbocycles. The largest absolute Gasteiger partial charge is 0.463 e. The summed E-state index contributed by atoms with van der Waals surface area (Å²) in [5, 5.41) is 0. The van der Waals surface area contributed by atoms with Crippen LogP contribution in [0, 0.1) is 11.3 Å². The molecule has 5 heteroatoms. The number of esters is 1. The fourth-order valence-corrected chi connectivity index (χ4v) is 2.06. The van der Waals surface area contributed by atoms with Crippen molar-refractivity contribution >= 4 is 11.9 Å². The lowest BCUT2D eigenvalue weighted by molar-refractivity contribution is -0.139. The van der Waals surface area contributed by atoms with E-state index in [2.05, 4.69) is 0 Å². The molecule has 2 N–H and O–H groups in total. The van der Waals surface area contributed by atoms with E-state index in [1.165, 1.54) is 0 Å². The summed E-state index contributed by atoms with van der Waals surface area (Å²) >= 11 is 0. The second-order valence-electron chi connectivity index (χ2n) is 7.10. The van der Waals surface area contributed by atoms with Crippen molar-refractivity contribution in [1.29, 1.82) is 0 Å². The number of rotatable bonds is 6. The minimum atomic E-state index is -0.588. The molecule has 0 aromatic heterocycles. The minimum absolute atomic E-state index is 0.126. The first-order valence-electron chi connectivity index (χ1n) is 7.81. The Morgan fingerprint density at radius 2 is 1.77 bits per heavy atom. The number of likely N-dealkylation sites (N-methyl/N-ethyl adjacent to an activating group) is 1. The smallest absolute Gasteiger partial charge is 0.333 e. The Labute approximate surface area is 134 Å². The molecule has 5 nitrogen and oxygen atoms in total. The third-order valence-electron chi connectivity index (χ3n) is 3.70. The Hall–Kier alpha value is -1.36. The highest BCUT2D eigenvalue weighted by Gasteiger charge is 2.33. The molecule has 0 aliphatic carbocycles. The van der Waals surface area contributed by atoms with Crippen molar-refractivity contribution in [3.8, 4) is 0 Å². The van der Waals surface area contributed by atoms with Crippen LogP contribution < -0.4 is 5.73 Å². The van der Waals surface area contributed by atoms with Gasteiger partial charge in [-0.25, -0.2) is 4.79 Å². The normalized spacial score (nSPS) is 15.5. The fourth-order valence-electron chi connectivity index (χ4n) is 2.06. The zero-order valence-electron chi connectivity index (χ0n) is 15.3. The maximum absolute atomic E-state index is 12.6. The average Bonchev–Trinajstić information content (AvgIpc) is 2.40. The number of hydrogen-bond acceptors (Lipinski definition) is 4. The van der Waals surface area contributed by atoms with E-state index in [1.54, 1.807) is 31.9 Å². The van der Waals surface area contributed by atoms with Crippen LogP contribution in [0.2, 0.25) is 0 Å². The molecule has 0 spiro atoms. The predicted molar refractivity (Wildman–Crippen MR) is 89.2 cm³/mol. The summed E-state index contributed by atoms with van der Waals surface area (Å²) in [6, 6.07) is -0.791. The number of carbonyl (C=O) groups is 2. The number of hydrogen-bond donors (Lipinski definition) is 1. The Morgan fingerprint density at radius 1 is 1.27 bits per heavy atom. The van der Waals surface area contributed by atoms with Crippen molar-refractivity contribution in [2.75, 3.05) is 13.7 Å². The quantitative estimate of drug-likeness (QED) is 0.603. The number of ether oxygens (including phenoxy) is 1. The van der Waals surface area contributed by atoms with Crippen LogP contribution in [0.15, 0.2) is 11.6 Å². The summed E-state index contributed by atoms with van der Waals surface area (Å²) < 4.78 is 4.99. The van der Waals surface area contributed by atoms with Gasteiger partial charge >= 0.3 is 5.97 Å². The first kappa shape index (κ1) is 20.6. The van der Waals surface area contributed by atoms with Crippen LogP contribution >= 0.6 is 0 Å². The third kappa shape index (κ3) is 5.79. The molecule has 128 valence electrons. The monoisotopic (exact) mass is 312 g/mol. The van der Waals surface area contributed by atoms with Crippen LogP contribution in [0.25, 0.3) is 0 Å². The Bertz CT molecular complexity index is 422. The molecule has 0 aromatic rings. The molecule has 0 aliphatic heterocycles. The molecule has 0 radical (unpaired) electrons. The SMILES string of the molecule is CCOC(=O)C(C)=C[C@H](C(C)C)N(C)C(=O)[C@@H](N)C(C)(C)C. The van der Waals surface area contributed by atoms with Crippen LogP contribution in [0.5, 0.6) is 0 Å². The van der Waals surface area contributed by atoms with Crippen molar-refractivity contribution in [2.24, 2.45) is 17.1 Å². The summed E-state index contributed by atoms with van der Waals surface area (Å²) in [5.74, 6) is -0.321. The van der Waals surface area contributed by atoms with Crippen molar-refractivity contribution < 1.29 is 14.3 Å². The Kier molecular flexibility index (Phi) is 7.81. The number of nitrogens with two attached hydrogens (primary N) is 1. The molecule has 22 heavy (non-hydrogen) atoms. The van der Waals surface area contributed by atoms with Crippen LogP contribution in [0.4, 0.5) is 0 Å². The van der Waals surface area contributed by atoms with Crippen molar-refractivity contribution in [2.45, 2.75) is 60.5 Å². The van der Waals surface area contributed by atoms with Crippen LogP contribution in [-0.2, 0) is 14.3 Å². The lowest BCUT2D eigenvalue weighted by Gasteiger charge is -2.35. The van der Waals surface area contributed by atoms with Crippen LogP contribution in [0.1, 0.15) is 48.5 Å². The van der Waals surface area contributed by atoms with Crippen LogP contribution in [0.3, 0.4) is 0 Å². The Balaban J connectivity index is 5.30. The van der Waals surface area contributed by atoms with Gasteiger partial charge in [0.2, 0.25) is 5.91 Å². The molecular formula is C17H32N2O3. The Morgan fingerprint density at radius 3 is 2.14 bits per heavy atom. The van der Waals surface area contributed by atoms with Crippen molar-refractivity contribution in [3.63, 3.8) is 0 Å². The molecule has 2 atom stereocenters. The molecule has 0 rings (SSSR count). The minimum Gasteiger partial charge on any atom is -0.463 e. The number of amides is 1. The van der Waals surface area contributed by atoms with E-state index in [9.17, 15) is 9.59 Å². The van der Waals surface area contributed by atoms with E-state index in [0.29, 0.717) is 12.2 Å². The molecule has 0 heterocycles. The topological polar surface area (TPSA) is 72.6 Å². The average molecular weight is 312 g/mol. The predicted octanol–water partition coefficient (Wildman–Crippen LogP) is 2.35. The maximum Gasteiger partial charge on any atom is 0.333 e. The zero-order valence-corrected chi connectivity index (χ0v) is 15.3. The standard InChI is InChI=1S/C17H32N2O3/c1-9-22-16(21)12(4)10-13(11(2)3)19(8)15(20)14(18)17(5,6)7/h10-11,13-14H,9,18H2,1-8H3/t13-,14-/m1/s1. The second-order valence-corrected chi connectivity index (χ2v) is 7.10. The zero-order chi connectivity index (χ0) is 17.7. The highest BCUT2D eigenvalue weighted by molar-refractivity contribution is 5.88. The molecule has 0 saturated carbocycles. The molecule has 0 fully saturated rings. The lowest BCUT2D eigenvalue weighted by atomic mass is 9.86. The highest BCUT2D eigenvalue weighted by Crippen LogP contribution is 2.22. The van der Waals surface area contributed by atoms with Gasteiger partial charge in [-0.2, -0.15) is 0 Å². The van der Waals surface area contributed by atoms with Gasteiger partial charge < -0.3 is 15.4 Å². The summed E-state index contributed by atoms with van der Waals surface area (Å²) in [4.78, 5) is 26.0. The lowest BCUT2D eigenvalue weighted by Crippen LogP contribution is -2.52. The highest BCUT2D eigenvalue weighted by atomic mass is 16.5. The van der Waals surface area contributed by atoms with Gasteiger partial charge in [0.1, 0.15) is 0 Å². The van der Waals surface area contributed by atoms with E-state index in [0.717, 1.165) is 0 Å². The van der Waals surface area contributed by atoms with Gasteiger partial charge in [-0.05, 0) is 25.2 Å². The van der Waals surface area contributed by atoms with Gasteiger partial charge in [0.05, 0.1) is 18.7 Å². The maximum atomic E-state index is 12.6. The first-order chi connectivity index (χ1) is 9.93. The molecular weight excluding hydrogens is 280 g/mol. The summed E-state index contributed by atoms with van der Waals surface area (Å²) in [5.41, 5.74) is 6.26. The fraction of sp³-hybridized carbons (Fsp3) is 0.765. The molecule has 0 saturated heterocycles. The van der Waals surface area contributed by atoms with Gasteiger partial charge in [-0.1, -0.05) is 40.7 Å². The molecule has 0 aliphatic rings. The van der Waals surface area contributed by atoms with Gasteiger partial charge in [0, 0.05) is 12.6 Å². The molecule has 0 unspecified atom stereocenters. The van der Waals surface area contributed by atoms with Crippen molar-refractivity contribution in [3.05, 3.63) is 11.6 Å². The van der Waals surface area contributed by atoms with Gasteiger partial charge in [0.25, 0.3) is 0 Å². The van der Waals surface area contributed by atoms with E-state index in [4.69, 9.17) is 10.5 Å². The molecule has 1 amide bonds. The van der Waals surface area contributed by atoms with Crippen LogP contribution in [-0.4, -0.2) is 42.5 Å². The van der Waals surface area contributed by atoms with Gasteiger partial charge in [-0.15, -0.1) is 0 Å².